The molecule has 0 saturated carbocycles. The molecule has 0 aromatic heterocycles. The van der Waals surface area contributed by atoms with Crippen molar-refractivity contribution in [3.8, 4) is 0 Å². The summed E-state index contributed by atoms with van der Waals surface area (Å²) in [6.45, 7) is 0. The lowest BCUT2D eigenvalue weighted by atomic mass is 9.74. The van der Waals surface area contributed by atoms with Crippen molar-refractivity contribution < 1.29 is 72.1 Å². The van der Waals surface area contributed by atoms with Crippen LogP contribution in [0.1, 0.15) is 33.6 Å². The molecule has 46 heavy (non-hydrogen) atoms. The van der Waals surface area contributed by atoms with Crippen molar-refractivity contribution in [3.05, 3.63) is 68.6 Å². The van der Waals surface area contributed by atoms with Crippen molar-refractivity contribution in [2.24, 2.45) is 0 Å². The number of fused-ring (bicyclic) bond motifs is 2. The zero-order valence-corrected chi connectivity index (χ0v) is 27.4. The molecule has 2 heterocycles. The van der Waals surface area contributed by atoms with Crippen LogP contribution in [0.3, 0.4) is 0 Å². The van der Waals surface area contributed by atoms with Gasteiger partial charge >= 0.3 is 35.8 Å². The third-order valence-electron chi connectivity index (χ3n) is 7.42. The highest BCUT2D eigenvalue weighted by atomic mass is 79.9. The molecule has 0 aliphatic carbocycles. The van der Waals surface area contributed by atoms with E-state index in [0.717, 1.165) is 21.3 Å². The number of carboxylic acids is 1. The van der Waals surface area contributed by atoms with Crippen LogP contribution < -0.4 is 0 Å². The number of hydrogen-bond acceptors (Lipinski definition) is 14. The Balaban J connectivity index is 2.02. The molecule has 2 aliphatic rings. The van der Waals surface area contributed by atoms with Crippen molar-refractivity contribution in [2.75, 3.05) is 21.3 Å². The minimum Gasteiger partial charge on any atom is -0.481 e. The van der Waals surface area contributed by atoms with Gasteiger partial charge in [0.15, 0.2) is 12.2 Å². The average molecular weight is 774 g/mol. The van der Waals surface area contributed by atoms with Crippen LogP contribution >= 0.6 is 31.9 Å². The van der Waals surface area contributed by atoms with Gasteiger partial charge in [0.05, 0.1) is 38.9 Å². The van der Waals surface area contributed by atoms with Gasteiger partial charge in [-0.3, -0.25) is 4.79 Å². The predicted molar refractivity (Wildman–Crippen MR) is 156 cm³/mol. The first-order valence-corrected chi connectivity index (χ1v) is 14.8. The smallest absolute Gasteiger partial charge is 0.346 e. The van der Waals surface area contributed by atoms with Crippen molar-refractivity contribution in [3.63, 3.8) is 0 Å². The SMILES string of the molecule is COC(=O)[C@H]1O[C@@]2(CCC(=O)O)O[C@](C(=O)OC)([C@H](OC(=O)c3ccc(Br)cc3)[C@H]2OC(=O)c2ccc(Br)cc2)[C@]1(O)C(=O)OC. The molecule has 2 aliphatic heterocycles. The van der Waals surface area contributed by atoms with E-state index >= 15 is 0 Å². The fraction of sp³-hybridized carbons (Fsp3) is 0.379. The van der Waals surface area contributed by atoms with Gasteiger partial charge in [0.25, 0.3) is 5.60 Å². The number of aliphatic hydroxyl groups is 1. The Labute approximate surface area is 277 Å². The number of halogens is 2. The average Bonchev–Trinajstić information content (AvgIpc) is 3.27. The summed E-state index contributed by atoms with van der Waals surface area (Å²) in [7, 11) is 2.49. The maximum Gasteiger partial charge on any atom is 0.346 e. The maximum atomic E-state index is 13.8. The predicted octanol–water partition coefficient (Wildman–Crippen LogP) is 1.94. The summed E-state index contributed by atoms with van der Waals surface area (Å²) < 4.78 is 38.9. The molecule has 17 heteroatoms. The van der Waals surface area contributed by atoms with Gasteiger partial charge in [-0.2, -0.15) is 0 Å². The van der Waals surface area contributed by atoms with Gasteiger partial charge in [0.2, 0.25) is 17.5 Å². The molecule has 0 spiro atoms. The fourth-order valence-corrected chi connectivity index (χ4v) is 5.80. The molecule has 2 N–H and O–H groups in total. The first-order chi connectivity index (χ1) is 21.7. The Bertz CT molecular complexity index is 1540. The first-order valence-electron chi connectivity index (χ1n) is 13.2. The summed E-state index contributed by atoms with van der Waals surface area (Å²) >= 11 is 6.48. The summed E-state index contributed by atoms with van der Waals surface area (Å²) in [6, 6.07) is 11.3. The number of hydrogen-bond donors (Lipinski definition) is 2. The molecule has 2 aromatic rings. The number of benzene rings is 2. The van der Waals surface area contributed by atoms with Crippen LogP contribution in [0, 0.1) is 0 Å². The number of carboxylic acid groups (broad SMARTS) is 1. The lowest BCUT2D eigenvalue weighted by molar-refractivity contribution is -0.374. The number of methoxy groups -OCH3 is 3. The molecule has 246 valence electrons. The van der Waals surface area contributed by atoms with Crippen molar-refractivity contribution >= 4 is 67.7 Å². The molecular weight excluding hydrogens is 748 g/mol. The van der Waals surface area contributed by atoms with Gasteiger partial charge in [0.1, 0.15) is 0 Å². The molecule has 0 amide bonds. The summed E-state index contributed by atoms with van der Waals surface area (Å²) in [4.78, 5) is 79.3. The van der Waals surface area contributed by atoms with Crippen molar-refractivity contribution in [1.29, 1.82) is 0 Å². The van der Waals surface area contributed by atoms with Gasteiger partial charge in [-0.15, -0.1) is 0 Å². The normalized spacial score (nSPS) is 28.0. The van der Waals surface area contributed by atoms with Gasteiger partial charge in [0, 0.05) is 15.4 Å². The van der Waals surface area contributed by atoms with Crippen LogP contribution in [0.4, 0.5) is 0 Å². The minimum atomic E-state index is -3.54. The third kappa shape index (κ3) is 5.88. The van der Waals surface area contributed by atoms with Crippen molar-refractivity contribution in [2.45, 2.75) is 48.1 Å². The van der Waals surface area contributed by atoms with Gasteiger partial charge in [-0.1, -0.05) is 31.9 Å². The molecule has 0 radical (unpaired) electrons. The van der Waals surface area contributed by atoms with E-state index in [2.05, 4.69) is 31.9 Å². The van der Waals surface area contributed by atoms with E-state index in [1.807, 2.05) is 0 Å². The van der Waals surface area contributed by atoms with Gasteiger partial charge < -0.3 is 43.4 Å². The minimum absolute atomic E-state index is 0.0733. The second-order valence-corrected chi connectivity index (χ2v) is 11.8. The lowest BCUT2D eigenvalue weighted by Crippen LogP contribution is -2.78. The van der Waals surface area contributed by atoms with E-state index in [1.54, 1.807) is 0 Å². The lowest BCUT2D eigenvalue weighted by Gasteiger charge is -2.49. The first kappa shape index (κ1) is 35.0. The monoisotopic (exact) mass is 772 g/mol. The van der Waals surface area contributed by atoms with Crippen LogP contribution in [-0.2, 0) is 52.3 Å². The Kier molecular flexibility index (Phi) is 10.2. The number of carbonyl (C=O) groups excluding carboxylic acids is 5. The van der Waals surface area contributed by atoms with E-state index in [9.17, 15) is 39.0 Å². The van der Waals surface area contributed by atoms with Crippen LogP contribution in [0.15, 0.2) is 57.5 Å². The zero-order chi connectivity index (χ0) is 34.0. The molecular formula is C29H26Br2O15. The number of carbonyl (C=O) groups is 6. The summed E-state index contributed by atoms with van der Waals surface area (Å²) in [5.41, 5.74) is -7.01. The molecule has 2 fully saturated rings. The highest BCUT2D eigenvalue weighted by Gasteiger charge is 2.87. The molecule has 2 bridgehead atoms. The number of aliphatic carboxylic acids is 1. The maximum absolute atomic E-state index is 13.8. The van der Waals surface area contributed by atoms with Gasteiger partial charge in [-0.05, 0) is 48.5 Å². The van der Waals surface area contributed by atoms with Gasteiger partial charge in [-0.25, -0.2) is 24.0 Å². The molecule has 2 aromatic carbocycles. The molecule has 2 saturated heterocycles. The molecule has 15 nitrogen and oxygen atoms in total. The standard InChI is InChI=1S/C29H26Br2O15/c1-40-24(36)21-28(39,25(37)41-2)29(26(38)42-3)20(44-23(35)15-6-10-17(31)11-7-15)19(27(45-21,46-29)13-12-18(32)33)43-22(34)14-4-8-16(30)9-5-14/h4-11,19-21,39H,12-13H2,1-3H3,(H,32,33)/t19-,20-,21-,27+,28-,29+/m1/s1. The molecule has 6 atom stereocenters. The van der Waals surface area contributed by atoms with E-state index in [-0.39, 0.29) is 11.1 Å². The van der Waals surface area contributed by atoms with Crippen LogP contribution in [0.2, 0.25) is 0 Å². The second kappa shape index (κ2) is 13.4. The summed E-state index contributed by atoms with van der Waals surface area (Å²) in [5, 5.41) is 21.7. The number of rotatable bonds is 10. The Morgan fingerprint density at radius 1 is 0.761 bits per heavy atom. The van der Waals surface area contributed by atoms with Crippen LogP contribution in [0.5, 0.6) is 0 Å². The van der Waals surface area contributed by atoms with E-state index in [1.165, 1.54) is 48.5 Å². The van der Waals surface area contributed by atoms with Crippen molar-refractivity contribution in [1.82, 2.24) is 0 Å². The topological polar surface area (TPSA) is 207 Å². The highest BCUT2D eigenvalue weighted by Crippen LogP contribution is 2.57. The Morgan fingerprint density at radius 3 is 1.67 bits per heavy atom. The third-order valence-corrected chi connectivity index (χ3v) is 8.48. The second-order valence-electron chi connectivity index (χ2n) is 9.98. The largest absolute Gasteiger partial charge is 0.481 e. The quantitative estimate of drug-likeness (QED) is 0.261. The fourth-order valence-electron chi connectivity index (χ4n) is 5.27. The molecule has 0 unspecified atom stereocenters. The van der Waals surface area contributed by atoms with E-state index in [4.69, 9.17) is 33.2 Å². The number of esters is 5. The Hall–Kier alpha value is -3.90. The van der Waals surface area contributed by atoms with Crippen LogP contribution in [0.25, 0.3) is 0 Å². The zero-order valence-electron chi connectivity index (χ0n) is 24.2. The summed E-state index contributed by atoms with van der Waals surface area (Å²) in [5.74, 6) is -11.1. The van der Waals surface area contributed by atoms with E-state index < -0.39 is 84.0 Å². The van der Waals surface area contributed by atoms with Crippen LogP contribution in [-0.4, -0.2) is 103 Å². The van der Waals surface area contributed by atoms with E-state index in [0.29, 0.717) is 8.95 Å². The number of ether oxygens (including phenoxy) is 7. The highest BCUT2D eigenvalue weighted by molar-refractivity contribution is 9.10. The Morgan fingerprint density at radius 2 is 1.24 bits per heavy atom. The molecule has 4 rings (SSSR count). The summed E-state index contributed by atoms with van der Waals surface area (Å²) in [6.07, 6.45) is -8.56.